The number of furan rings is 1. The average molecular weight is 754 g/mol. The standard InChI is InChI=1S/C52H36FN3O2/c1-57-50-33-40(55(37-13-4-2-5-14-37)48-21-12-20-47-45-19-10-11-22-49(45)58-52(47)48)28-29-46(50)44-31-30-41(42-17-8-9-18-43(42)44)35-23-32-51(54-34-35)56(38-15-6-3-7-16-38)39-26-24-36(53)25-27-39/h2-34H,1H3. The summed E-state index contributed by atoms with van der Waals surface area (Å²) >= 11 is 0. The third-order valence-electron chi connectivity index (χ3n) is 10.7. The molecule has 8 aromatic carbocycles. The normalized spacial score (nSPS) is 11.3. The molecule has 0 saturated carbocycles. The van der Waals surface area contributed by atoms with E-state index in [1.54, 1.807) is 19.2 Å². The molecule has 10 aromatic rings. The van der Waals surface area contributed by atoms with Crippen LogP contribution in [-0.2, 0) is 0 Å². The zero-order valence-corrected chi connectivity index (χ0v) is 31.6. The van der Waals surface area contributed by atoms with Gasteiger partial charge in [0.1, 0.15) is 23.0 Å². The number of anilines is 6. The molecular formula is C52H36FN3O2. The van der Waals surface area contributed by atoms with Crippen LogP contribution in [0, 0.1) is 5.82 Å². The number of para-hydroxylation sites is 4. The Morgan fingerprint density at radius 1 is 0.483 bits per heavy atom. The van der Waals surface area contributed by atoms with Gasteiger partial charge in [-0.2, -0.15) is 0 Å². The Morgan fingerprint density at radius 2 is 1.07 bits per heavy atom. The lowest BCUT2D eigenvalue weighted by atomic mass is 9.92. The van der Waals surface area contributed by atoms with Crippen molar-refractivity contribution in [2.45, 2.75) is 0 Å². The van der Waals surface area contributed by atoms with Gasteiger partial charge in [0.2, 0.25) is 0 Å². The van der Waals surface area contributed by atoms with Gasteiger partial charge in [0.15, 0.2) is 5.58 Å². The van der Waals surface area contributed by atoms with Crippen LogP contribution in [0.2, 0.25) is 0 Å². The van der Waals surface area contributed by atoms with Gasteiger partial charge in [-0.1, -0.05) is 103 Å². The summed E-state index contributed by atoms with van der Waals surface area (Å²) in [6, 6.07) is 64.6. The lowest BCUT2D eigenvalue weighted by Crippen LogP contribution is -2.11. The number of hydrogen-bond acceptors (Lipinski definition) is 5. The number of ether oxygens (including phenoxy) is 1. The van der Waals surface area contributed by atoms with Crippen molar-refractivity contribution in [1.29, 1.82) is 0 Å². The first-order chi connectivity index (χ1) is 28.6. The zero-order chi connectivity index (χ0) is 39.0. The van der Waals surface area contributed by atoms with E-state index in [4.69, 9.17) is 14.1 Å². The highest BCUT2D eigenvalue weighted by Crippen LogP contribution is 2.46. The number of nitrogens with zero attached hydrogens (tertiary/aromatic N) is 3. The minimum absolute atomic E-state index is 0.282. The molecule has 10 rings (SSSR count). The molecular weight excluding hydrogens is 718 g/mol. The summed E-state index contributed by atoms with van der Waals surface area (Å²) < 4.78 is 26.6. The third kappa shape index (κ3) is 6.17. The molecule has 0 unspecified atom stereocenters. The Labute approximate surface area is 335 Å². The van der Waals surface area contributed by atoms with E-state index in [1.165, 1.54) is 12.1 Å². The molecule has 58 heavy (non-hydrogen) atoms. The van der Waals surface area contributed by atoms with Crippen LogP contribution in [0.5, 0.6) is 5.75 Å². The second kappa shape index (κ2) is 14.8. The smallest absolute Gasteiger partial charge is 0.159 e. The van der Waals surface area contributed by atoms with Crippen molar-refractivity contribution in [1.82, 2.24) is 4.98 Å². The summed E-state index contributed by atoms with van der Waals surface area (Å²) in [6.45, 7) is 0. The summed E-state index contributed by atoms with van der Waals surface area (Å²) in [5.74, 6) is 1.20. The summed E-state index contributed by atoms with van der Waals surface area (Å²) in [5.41, 5.74) is 10.4. The SMILES string of the molecule is COc1cc(N(c2ccccc2)c2cccc3c2oc2ccccc23)ccc1-c1ccc(-c2ccc(N(c3ccccc3)c3ccc(F)cc3)nc2)c2ccccc12. The topological polar surface area (TPSA) is 41.7 Å². The van der Waals surface area contributed by atoms with Crippen LogP contribution >= 0.6 is 0 Å². The minimum atomic E-state index is -0.282. The van der Waals surface area contributed by atoms with E-state index in [1.807, 2.05) is 83.9 Å². The number of hydrogen-bond donors (Lipinski definition) is 0. The maximum Gasteiger partial charge on any atom is 0.159 e. The van der Waals surface area contributed by atoms with Gasteiger partial charge >= 0.3 is 0 Å². The van der Waals surface area contributed by atoms with Crippen LogP contribution in [0.15, 0.2) is 205 Å². The molecule has 6 heteroatoms. The number of rotatable bonds is 9. The second-order valence-corrected chi connectivity index (χ2v) is 14.1. The molecule has 0 aliphatic rings. The minimum Gasteiger partial charge on any atom is -0.496 e. The van der Waals surface area contributed by atoms with Gasteiger partial charge in [-0.25, -0.2) is 9.37 Å². The summed E-state index contributed by atoms with van der Waals surface area (Å²) in [7, 11) is 1.73. The fraction of sp³-hybridized carbons (Fsp3) is 0.0192. The molecule has 0 bridgehead atoms. The van der Waals surface area contributed by atoms with E-state index in [2.05, 4.69) is 102 Å². The van der Waals surface area contributed by atoms with Crippen LogP contribution in [-0.4, -0.2) is 12.1 Å². The highest BCUT2D eigenvalue weighted by atomic mass is 19.1. The predicted octanol–water partition coefficient (Wildman–Crippen LogP) is 14.6. The Morgan fingerprint density at radius 3 is 1.78 bits per heavy atom. The van der Waals surface area contributed by atoms with Crippen molar-refractivity contribution < 1.29 is 13.5 Å². The van der Waals surface area contributed by atoms with Crippen molar-refractivity contribution in [3.63, 3.8) is 0 Å². The number of halogens is 1. The van der Waals surface area contributed by atoms with Crippen molar-refractivity contribution >= 4 is 67.0 Å². The molecule has 0 fully saturated rings. The first kappa shape index (κ1) is 34.8. The number of aromatic nitrogens is 1. The molecule has 2 aromatic heterocycles. The molecule has 2 heterocycles. The maximum atomic E-state index is 13.9. The molecule has 0 amide bonds. The van der Waals surface area contributed by atoms with Crippen LogP contribution in [0.4, 0.5) is 38.6 Å². The summed E-state index contributed by atoms with van der Waals surface area (Å²) in [6.07, 6.45) is 1.91. The van der Waals surface area contributed by atoms with Crippen LogP contribution in [0.3, 0.4) is 0 Å². The van der Waals surface area contributed by atoms with Gasteiger partial charge in [-0.3, -0.25) is 4.90 Å². The van der Waals surface area contributed by atoms with Crippen LogP contribution in [0.25, 0.3) is 55.0 Å². The van der Waals surface area contributed by atoms with E-state index in [0.717, 1.165) is 95.0 Å². The van der Waals surface area contributed by atoms with E-state index in [9.17, 15) is 4.39 Å². The quantitative estimate of drug-likeness (QED) is 0.147. The Kier molecular flexibility index (Phi) is 8.84. The van der Waals surface area contributed by atoms with Gasteiger partial charge in [0.05, 0.1) is 12.8 Å². The molecule has 0 radical (unpaired) electrons. The number of pyridine rings is 1. The monoisotopic (exact) mass is 753 g/mol. The fourth-order valence-corrected chi connectivity index (χ4v) is 8.00. The fourth-order valence-electron chi connectivity index (χ4n) is 8.00. The summed E-state index contributed by atoms with van der Waals surface area (Å²) in [4.78, 5) is 9.20. The number of methoxy groups -OCH3 is 1. The first-order valence-corrected chi connectivity index (χ1v) is 19.2. The van der Waals surface area contributed by atoms with E-state index in [0.29, 0.717) is 0 Å². The molecule has 5 nitrogen and oxygen atoms in total. The van der Waals surface area contributed by atoms with Gasteiger partial charge in [0, 0.05) is 56.9 Å². The van der Waals surface area contributed by atoms with Crippen molar-refractivity contribution in [2.24, 2.45) is 0 Å². The molecule has 0 saturated heterocycles. The van der Waals surface area contributed by atoms with Crippen molar-refractivity contribution in [3.8, 4) is 28.0 Å². The number of benzene rings is 8. The van der Waals surface area contributed by atoms with Crippen molar-refractivity contribution in [2.75, 3.05) is 16.9 Å². The maximum absolute atomic E-state index is 13.9. The van der Waals surface area contributed by atoms with Gasteiger partial charge in [-0.05, 0) is 107 Å². The van der Waals surface area contributed by atoms with Gasteiger partial charge in [0.25, 0.3) is 0 Å². The highest BCUT2D eigenvalue weighted by Gasteiger charge is 2.22. The average Bonchev–Trinajstić information content (AvgIpc) is 3.67. The molecule has 0 N–H and O–H groups in total. The molecule has 0 aliphatic heterocycles. The van der Waals surface area contributed by atoms with E-state index in [-0.39, 0.29) is 5.82 Å². The van der Waals surface area contributed by atoms with E-state index >= 15 is 0 Å². The molecule has 0 atom stereocenters. The second-order valence-electron chi connectivity index (χ2n) is 14.1. The molecule has 0 aliphatic carbocycles. The van der Waals surface area contributed by atoms with Gasteiger partial charge < -0.3 is 14.1 Å². The Hall–Kier alpha value is -7.70. The third-order valence-corrected chi connectivity index (χ3v) is 10.7. The van der Waals surface area contributed by atoms with Gasteiger partial charge in [-0.15, -0.1) is 0 Å². The lowest BCUT2D eigenvalue weighted by Gasteiger charge is -2.26. The lowest BCUT2D eigenvalue weighted by molar-refractivity contribution is 0.416. The highest BCUT2D eigenvalue weighted by molar-refractivity contribution is 6.10. The van der Waals surface area contributed by atoms with E-state index < -0.39 is 0 Å². The van der Waals surface area contributed by atoms with Crippen molar-refractivity contribution in [3.05, 3.63) is 206 Å². The first-order valence-electron chi connectivity index (χ1n) is 19.2. The molecule has 0 spiro atoms. The molecule has 278 valence electrons. The number of fused-ring (bicyclic) bond motifs is 4. The Balaban J connectivity index is 1.05. The van der Waals surface area contributed by atoms with Crippen LogP contribution < -0.4 is 14.5 Å². The Bertz CT molecular complexity index is 3060. The predicted molar refractivity (Wildman–Crippen MR) is 236 cm³/mol. The largest absolute Gasteiger partial charge is 0.496 e. The summed E-state index contributed by atoms with van der Waals surface area (Å²) in [5, 5.41) is 4.35. The zero-order valence-electron chi connectivity index (χ0n) is 31.6. The van der Waals surface area contributed by atoms with Crippen LogP contribution in [0.1, 0.15) is 0 Å².